The van der Waals surface area contributed by atoms with E-state index in [1.807, 2.05) is 11.3 Å². The fourth-order valence-electron chi connectivity index (χ4n) is 3.50. The Kier molecular flexibility index (Phi) is 3.93. The molecule has 1 nitrogen and oxygen atoms in total. The lowest BCUT2D eigenvalue weighted by Gasteiger charge is -2.17. The molecule has 3 rings (SSSR count). The highest BCUT2D eigenvalue weighted by molar-refractivity contribution is 7.17. The highest BCUT2D eigenvalue weighted by Crippen LogP contribution is 2.39. The zero-order valence-corrected chi connectivity index (χ0v) is 13.2. The van der Waals surface area contributed by atoms with E-state index in [-0.39, 0.29) is 5.92 Å². The van der Waals surface area contributed by atoms with Crippen molar-refractivity contribution in [2.24, 2.45) is 0 Å². The van der Waals surface area contributed by atoms with Crippen molar-refractivity contribution in [3.05, 3.63) is 34.2 Å². The number of aryl methyl sites for hydroxylation is 2. The van der Waals surface area contributed by atoms with Crippen LogP contribution in [0.15, 0.2) is 17.5 Å². The topological polar surface area (TPSA) is 17.1 Å². The second-order valence-electron chi connectivity index (χ2n) is 5.93. The van der Waals surface area contributed by atoms with E-state index >= 15 is 0 Å². The average molecular weight is 286 g/mol. The largest absolute Gasteiger partial charge is 0.299 e. The summed E-state index contributed by atoms with van der Waals surface area (Å²) in [7, 11) is 0. The molecule has 2 aromatic rings. The van der Waals surface area contributed by atoms with Crippen LogP contribution in [-0.2, 0) is 17.6 Å². The highest BCUT2D eigenvalue weighted by Gasteiger charge is 2.23. The van der Waals surface area contributed by atoms with Crippen LogP contribution >= 0.6 is 11.3 Å². The van der Waals surface area contributed by atoms with Crippen molar-refractivity contribution in [3.63, 3.8) is 0 Å². The first-order valence-electron chi connectivity index (χ1n) is 7.74. The van der Waals surface area contributed by atoms with Crippen LogP contribution in [0, 0.1) is 0 Å². The number of hydrogen-bond acceptors (Lipinski definition) is 2. The van der Waals surface area contributed by atoms with Crippen LogP contribution in [0.3, 0.4) is 0 Å². The Morgan fingerprint density at radius 2 is 2.25 bits per heavy atom. The lowest BCUT2D eigenvalue weighted by atomic mass is 9.86. The van der Waals surface area contributed by atoms with Gasteiger partial charge >= 0.3 is 0 Å². The van der Waals surface area contributed by atoms with Gasteiger partial charge in [0.15, 0.2) is 0 Å². The van der Waals surface area contributed by atoms with E-state index in [1.165, 1.54) is 40.5 Å². The standard InChI is InChI=1S/C18H22OS/c1-3-4-7-14(12(2)19)17-11-13-6-5-8-15(13)18-16(17)9-10-20-18/h9-11,14H,3-8H2,1-2H3. The molecule has 1 unspecified atom stereocenters. The molecule has 1 aromatic heterocycles. The van der Waals surface area contributed by atoms with Crippen LogP contribution in [-0.4, -0.2) is 5.78 Å². The maximum atomic E-state index is 12.1. The monoisotopic (exact) mass is 286 g/mol. The number of ketones is 1. The molecule has 106 valence electrons. The predicted molar refractivity (Wildman–Crippen MR) is 86.8 cm³/mol. The van der Waals surface area contributed by atoms with Crippen LogP contribution in [0.2, 0.25) is 0 Å². The van der Waals surface area contributed by atoms with Gasteiger partial charge in [-0.2, -0.15) is 0 Å². The number of carbonyl (C=O) groups excluding carboxylic acids is 1. The van der Waals surface area contributed by atoms with Gasteiger partial charge in [-0.3, -0.25) is 4.79 Å². The van der Waals surface area contributed by atoms with E-state index in [0.29, 0.717) is 5.78 Å². The Morgan fingerprint density at radius 3 is 3.00 bits per heavy atom. The van der Waals surface area contributed by atoms with Crippen molar-refractivity contribution in [3.8, 4) is 0 Å². The van der Waals surface area contributed by atoms with Crippen molar-refractivity contribution in [2.45, 2.75) is 58.3 Å². The van der Waals surface area contributed by atoms with Crippen molar-refractivity contribution >= 4 is 27.2 Å². The van der Waals surface area contributed by atoms with Crippen LogP contribution < -0.4 is 0 Å². The van der Waals surface area contributed by atoms with Crippen molar-refractivity contribution in [1.29, 1.82) is 0 Å². The summed E-state index contributed by atoms with van der Waals surface area (Å²) in [4.78, 5) is 12.1. The molecule has 0 fully saturated rings. The molecule has 0 bridgehead atoms. The van der Waals surface area contributed by atoms with Crippen LogP contribution in [0.4, 0.5) is 0 Å². The molecule has 20 heavy (non-hydrogen) atoms. The van der Waals surface area contributed by atoms with Gasteiger partial charge in [0.25, 0.3) is 0 Å². The first kappa shape index (κ1) is 13.8. The van der Waals surface area contributed by atoms with E-state index in [0.717, 1.165) is 19.3 Å². The van der Waals surface area contributed by atoms with Gasteiger partial charge in [0.1, 0.15) is 5.78 Å². The van der Waals surface area contributed by atoms with Gasteiger partial charge in [-0.25, -0.2) is 0 Å². The van der Waals surface area contributed by atoms with Gasteiger partial charge in [0, 0.05) is 10.6 Å². The summed E-state index contributed by atoms with van der Waals surface area (Å²) in [6.45, 7) is 3.95. The second-order valence-corrected chi connectivity index (χ2v) is 6.84. The minimum Gasteiger partial charge on any atom is -0.299 e. The third-order valence-electron chi connectivity index (χ3n) is 4.55. The lowest BCUT2D eigenvalue weighted by Crippen LogP contribution is -2.10. The molecule has 1 aromatic carbocycles. The number of fused-ring (bicyclic) bond motifs is 3. The summed E-state index contributed by atoms with van der Waals surface area (Å²) in [5.41, 5.74) is 4.34. The number of rotatable bonds is 5. The SMILES string of the molecule is CCCCC(C(C)=O)c1cc2c(c3sccc13)CCC2. The van der Waals surface area contributed by atoms with Gasteiger partial charge < -0.3 is 0 Å². The van der Waals surface area contributed by atoms with Crippen LogP contribution in [0.5, 0.6) is 0 Å². The minimum atomic E-state index is 0.0953. The maximum absolute atomic E-state index is 12.1. The van der Waals surface area contributed by atoms with Gasteiger partial charge in [-0.15, -0.1) is 11.3 Å². The third kappa shape index (κ3) is 2.31. The summed E-state index contributed by atoms with van der Waals surface area (Å²) in [5, 5.41) is 3.52. The number of unbranched alkanes of at least 4 members (excludes halogenated alkanes) is 1. The molecular weight excluding hydrogens is 264 g/mol. The van der Waals surface area contributed by atoms with Crippen molar-refractivity contribution in [1.82, 2.24) is 0 Å². The summed E-state index contributed by atoms with van der Waals surface area (Å²) in [6, 6.07) is 4.56. The molecule has 0 amide bonds. The molecule has 1 aliphatic rings. The lowest BCUT2D eigenvalue weighted by molar-refractivity contribution is -0.118. The fourth-order valence-corrected chi connectivity index (χ4v) is 4.52. The molecule has 0 aliphatic heterocycles. The van der Waals surface area contributed by atoms with Gasteiger partial charge in [0.05, 0.1) is 0 Å². The molecule has 1 atom stereocenters. The molecule has 0 N–H and O–H groups in total. The Labute approximate surface area is 125 Å². The Bertz CT molecular complexity index is 638. The first-order valence-corrected chi connectivity index (χ1v) is 8.62. The Morgan fingerprint density at radius 1 is 1.40 bits per heavy atom. The molecule has 2 heteroatoms. The summed E-state index contributed by atoms with van der Waals surface area (Å²) in [6.07, 6.45) is 6.95. The van der Waals surface area contributed by atoms with Gasteiger partial charge in [0.2, 0.25) is 0 Å². The Balaban J connectivity index is 2.12. The Hall–Kier alpha value is -1.15. The van der Waals surface area contributed by atoms with Crippen LogP contribution in [0.1, 0.15) is 62.1 Å². The van der Waals surface area contributed by atoms with Crippen molar-refractivity contribution in [2.75, 3.05) is 0 Å². The zero-order valence-electron chi connectivity index (χ0n) is 12.4. The maximum Gasteiger partial charge on any atom is 0.137 e. The zero-order chi connectivity index (χ0) is 14.1. The number of carbonyl (C=O) groups is 1. The average Bonchev–Trinajstić information content (AvgIpc) is 3.06. The van der Waals surface area contributed by atoms with E-state index in [1.54, 1.807) is 12.5 Å². The number of thiophene rings is 1. The van der Waals surface area contributed by atoms with E-state index in [2.05, 4.69) is 24.4 Å². The van der Waals surface area contributed by atoms with Gasteiger partial charge in [-0.1, -0.05) is 25.8 Å². The molecule has 1 aliphatic carbocycles. The molecule has 0 radical (unpaired) electrons. The fraction of sp³-hybridized carbons (Fsp3) is 0.500. The molecular formula is C18H22OS. The van der Waals surface area contributed by atoms with E-state index in [9.17, 15) is 4.79 Å². The molecule has 0 spiro atoms. The number of benzene rings is 1. The molecule has 1 heterocycles. The minimum absolute atomic E-state index is 0.0953. The summed E-state index contributed by atoms with van der Waals surface area (Å²) >= 11 is 1.85. The van der Waals surface area contributed by atoms with Crippen molar-refractivity contribution < 1.29 is 4.79 Å². The molecule has 0 saturated carbocycles. The smallest absolute Gasteiger partial charge is 0.137 e. The van der Waals surface area contributed by atoms with E-state index in [4.69, 9.17) is 0 Å². The molecule has 0 saturated heterocycles. The highest BCUT2D eigenvalue weighted by atomic mass is 32.1. The summed E-state index contributed by atoms with van der Waals surface area (Å²) < 4.78 is 1.44. The predicted octanol–water partition coefficient (Wildman–Crippen LogP) is 5.25. The summed E-state index contributed by atoms with van der Waals surface area (Å²) in [5.74, 6) is 0.418. The first-order chi connectivity index (χ1) is 9.72. The quantitative estimate of drug-likeness (QED) is 0.733. The van der Waals surface area contributed by atoms with Crippen LogP contribution in [0.25, 0.3) is 10.1 Å². The van der Waals surface area contributed by atoms with Gasteiger partial charge in [-0.05, 0) is 66.1 Å². The van der Waals surface area contributed by atoms with E-state index < -0.39 is 0 Å². The third-order valence-corrected chi connectivity index (χ3v) is 5.53. The second kappa shape index (κ2) is 5.69. The number of Topliss-reactive ketones (excluding diaryl/α,β-unsaturated/α-hetero) is 1. The normalized spacial score (nSPS) is 15.5. The number of hydrogen-bond donors (Lipinski definition) is 0.